The molecule has 1 rings (SSSR count). The maximum Gasteiger partial charge on any atom is 0.0907 e. The molecule has 0 radical (unpaired) electrons. The maximum absolute atomic E-state index is 2.43. The lowest BCUT2D eigenvalue weighted by Gasteiger charge is -2.52. The zero-order valence-corrected chi connectivity index (χ0v) is 12.4. The Bertz CT molecular complexity index is 211. The van der Waals surface area contributed by atoms with Crippen molar-refractivity contribution >= 4 is 0 Å². The standard InChI is InChI=1S/C15H32N/c1-14(2,3)10-13-16(15(4,5)6)11-8-7-9-12-16/h7-13H2,1-6H3/q+1. The number of likely N-dealkylation sites (tertiary alicyclic amines) is 1. The number of hydrogen-bond acceptors (Lipinski definition) is 0. The topological polar surface area (TPSA) is 0 Å². The second kappa shape index (κ2) is 4.68. The first kappa shape index (κ1) is 14.0. The van der Waals surface area contributed by atoms with Crippen LogP contribution in [0.15, 0.2) is 0 Å². The highest BCUT2D eigenvalue weighted by atomic mass is 15.4. The van der Waals surface area contributed by atoms with E-state index >= 15 is 0 Å². The average molecular weight is 226 g/mol. The van der Waals surface area contributed by atoms with Crippen LogP contribution in [-0.4, -0.2) is 29.7 Å². The molecule has 0 aromatic heterocycles. The smallest absolute Gasteiger partial charge is 0.0907 e. The summed E-state index contributed by atoms with van der Waals surface area (Å²) in [5, 5.41) is 0. The minimum Gasteiger partial charge on any atom is -0.319 e. The number of nitrogens with zero attached hydrogens (tertiary/aromatic N) is 1. The molecule has 0 saturated carbocycles. The second-order valence-corrected chi connectivity index (χ2v) is 7.86. The van der Waals surface area contributed by atoms with Gasteiger partial charge in [0.05, 0.1) is 25.2 Å². The molecule has 0 N–H and O–H groups in total. The number of hydrogen-bond donors (Lipinski definition) is 0. The number of rotatable bonds is 2. The summed E-state index contributed by atoms with van der Waals surface area (Å²) >= 11 is 0. The van der Waals surface area contributed by atoms with Crippen LogP contribution in [0.3, 0.4) is 0 Å². The van der Waals surface area contributed by atoms with E-state index in [1.807, 2.05) is 0 Å². The lowest BCUT2D eigenvalue weighted by Crippen LogP contribution is -2.63. The van der Waals surface area contributed by atoms with Gasteiger partial charge in [-0.1, -0.05) is 20.8 Å². The largest absolute Gasteiger partial charge is 0.319 e. The maximum atomic E-state index is 2.43. The van der Waals surface area contributed by atoms with E-state index in [2.05, 4.69) is 41.5 Å². The molecule has 1 aliphatic rings. The number of piperidine rings is 1. The summed E-state index contributed by atoms with van der Waals surface area (Å²) in [5.41, 5.74) is 0.902. The Kier molecular flexibility index (Phi) is 4.10. The summed E-state index contributed by atoms with van der Waals surface area (Å²) in [4.78, 5) is 0. The van der Waals surface area contributed by atoms with Gasteiger partial charge in [-0.3, -0.25) is 0 Å². The lowest BCUT2D eigenvalue weighted by molar-refractivity contribution is -0.975. The molecule has 0 spiro atoms. The van der Waals surface area contributed by atoms with Gasteiger partial charge in [0.15, 0.2) is 0 Å². The zero-order chi connectivity index (χ0) is 12.4. The van der Waals surface area contributed by atoms with Crippen LogP contribution in [0.2, 0.25) is 0 Å². The van der Waals surface area contributed by atoms with Crippen molar-refractivity contribution in [2.45, 2.75) is 72.8 Å². The molecule has 1 fully saturated rings. The molecule has 16 heavy (non-hydrogen) atoms. The van der Waals surface area contributed by atoms with Crippen molar-refractivity contribution in [3.05, 3.63) is 0 Å². The van der Waals surface area contributed by atoms with Gasteiger partial charge in [-0.2, -0.15) is 0 Å². The Morgan fingerprint density at radius 2 is 1.31 bits per heavy atom. The summed E-state index contributed by atoms with van der Waals surface area (Å²) < 4.78 is 1.35. The van der Waals surface area contributed by atoms with Gasteiger partial charge in [-0.25, -0.2) is 0 Å². The zero-order valence-electron chi connectivity index (χ0n) is 12.4. The fourth-order valence-electron chi connectivity index (χ4n) is 2.90. The third-order valence-corrected chi connectivity index (χ3v) is 4.39. The van der Waals surface area contributed by atoms with E-state index in [1.165, 1.54) is 49.8 Å². The fourth-order valence-corrected chi connectivity index (χ4v) is 2.90. The molecule has 0 atom stereocenters. The molecule has 0 unspecified atom stereocenters. The molecule has 1 saturated heterocycles. The SMILES string of the molecule is CC(C)(C)CC[N+]1(C(C)(C)C)CCCCC1. The molecule has 1 heteroatoms. The van der Waals surface area contributed by atoms with Crippen molar-refractivity contribution in [2.75, 3.05) is 19.6 Å². The lowest BCUT2D eigenvalue weighted by atomic mass is 9.88. The highest BCUT2D eigenvalue weighted by molar-refractivity contribution is 4.70. The van der Waals surface area contributed by atoms with Gasteiger partial charge in [-0.05, 0) is 45.4 Å². The van der Waals surface area contributed by atoms with Crippen molar-refractivity contribution in [2.24, 2.45) is 5.41 Å². The van der Waals surface area contributed by atoms with Crippen molar-refractivity contribution in [1.29, 1.82) is 0 Å². The Hall–Kier alpha value is -0.0400. The van der Waals surface area contributed by atoms with Crippen LogP contribution in [0, 0.1) is 5.41 Å². The third kappa shape index (κ3) is 3.48. The van der Waals surface area contributed by atoms with Gasteiger partial charge in [0.1, 0.15) is 0 Å². The number of quaternary nitrogens is 1. The summed E-state index contributed by atoms with van der Waals surface area (Å²) in [6.45, 7) is 18.6. The van der Waals surface area contributed by atoms with Crippen LogP contribution in [0.5, 0.6) is 0 Å². The molecule has 0 bridgehead atoms. The van der Waals surface area contributed by atoms with Gasteiger partial charge in [0, 0.05) is 6.42 Å². The highest BCUT2D eigenvalue weighted by Gasteiger charge is 2.41. The van der Waals surface area contributed by atoms with E-state index in [4.69, 9.17) is 0 Å². The van der Waals surface area contributed by atoms with Crippen LogP contribution >= 0.6 is 0 Å². The van der Waals surface area contributed by atoms with E-state index in [9.17, 15) is 0 Å². The van der Waals surface area contributed by atoms with E-state index in [1.54, 1.807) is 0 Å². The van der Waals surface area contributed by atoms with Crippen molar-refractivity contribution in [1.82, 2.24) is 0 Å². The molecular formula is C15H32N+. The molecule has 0 aromatic rings. The first-order valence-electron chi connectivity index (χ1n) is 7.03. The molecule has 96 valence electrons. The Morgan fingerprint density at radius 3 is 1.69 bits per heavy atom. The molecule has 1 nitrogen and oxygen atoms in total. The molecule has 0 aliphatic carbocycles. The van der Waals surface area contributed by atoms with Crippen molar-refractivity contribution in [3.8, 4) is 0 Å². The van der Waals surface area contributed by atoms with Crippen LogP contribution in [0.1, 0.15) is 67.2 Å². The van der Waals surface area contributed by atoms with Crippen molar-refractivity contribution in [3.63, 3.8) is 0 Å². The fraction of sp³-hybridized carbons (Fsp3) is 1.00. The van der Waals surface area contributed by atoms with Crippen molar-refractivity contribution < 1.29 is 4.48 Å². The van der Waals surface area contributed by atoms with Gasteiger partial charge in [0.25, 0.3) is 0 Å². The molecule has 0 amide bonds. The summed E-state index contributed by atoms with van der Waals surface area (Å²) in [5.74, 6) is 0. The Labute approximate surface area is 103 Å². The quantitative estimate of drug-likeness (QED) is 0.618. The molecule has 0 aromatic carbocycles. The minimum atomic E-state index is 0.422. The molecule has 1 aliphatic heterocycles. The first-order chi connectivity index (χ1) is 7.16. The monoisotopic (exact) mass is 226 g/mol. The van der Waals surface area contributed by atoms with Crippen LogP contribution in [0.4, 0.5) is 0 Å². The second-order valence-electron chi connectivity index (χ2n) is 7.86. The van der Waals surface area contributed by atoms with E-state index in [0.29, 0.717) is 11.0 Å². The van der Waals surface area contributed by atoms with Gasteiger partial charge in [-0.15, -0.1) is 0 Å². The molecule has 1 heterocycles. The Balaban J connectivity index is 2.72. The van der Waals surface area contributed by atoms with Gasteiger partial charge >= 0.3 is 0 Å². The summed E-state index contributed by atoms with van der Waals surface area (Å²) in [6, 6.07) is 0. The first-order valence-corrected chi connectivity index (χ1v) is 7.03. The van der Waals surface area contributed by atoms with E-state index in [0.717, 1.165) is 0 Å². The van der Waals surface area contributed by atoms with E-state index < -0.39 is 0 Å². The van der Waals surface area contributed by atoms with Gasteiger partial charge < -0.3 is 4.48 Å². The van der Waals surface area contributed by atoms with Crippen LogP contribution in [-0.2, 0) is 0 Å². The van der Waals surface area contributed by atoms with E-state index in [-0.39, 0.29) is 0 Å². The van der Waals surface area contributed by atoms with Crippen LogP contribution in [0.25, 0.3) is 0 Å². The predicted octanol–water partition coefficient (Wildman–Crippen LogP) is 4.22. The third-order valence-electron chi connectivity index (χ3n) is 4.39. The Morgan fingerprint density at radius 1 is 0.812 bits per heavy atom. The highest BCUT2D eigenvalue weighted by Crippen LogP contribution is 2.33. The van der Waals surface area contributed by atoms with Crippen LogP contribution < -0.4 is 0 Å². The summed E-state index contributed by atoms with van der Waals surface area (Å²) in [6.07, 6.45) is 5.67. The normalized spacial score (nSPS) is 22.1. The summed E-state index contributed by atoms with van der Waals surface area (Å²) in [7, 11) is 0. The predicted molar refractivity (Wildman–Crippen MR) is 72.5 cm³/mol. The average Bonchev–Trinajstić information content (AvgIpc) is 2.13. The van der Waals surface area contributed by atoms with Gasteiger partial charge in [0.2, 0.25) is 0 Å². The molecular weight excluding hydrogens is 194 g/mol. The minimum absolute atomic E-state index is 0.422.